The maximum atomic E-state index is 10.5. The Kier molecular flexibility index (Phi) is 24.6. The molecule has 1 saturated carbocycles. The van der Waals surface area contributed by atoms with Gasteiger partial charge in [0.25, 0.3) is 0 Å². The second kappa shape index (κ2) is 18.9. The van der Waals surface area contributed by atoms with E-state index in [9.17, 15) is 9.59 Å². The van der Waals surface area contributed by atoms with Crippen LogP contribution >= 0.6 is 0 Å². The van der Waals surface area contributed by atoms with E-state index in [1.54, 1.807) is 13.8 Å². The molecule has 148 valence electrons. The zero-order chi connectivity index (χ0) is 17.7. The number of carboxylic acids is 2. The van der Waals surface area contributed by atoms with E-state index in [4.69, 9.17) is 15.9 Å². The summed E-state index contributed by atoms with van der Waals surface area (Å²) in [7, 11) is 0. The van der Waals surface area contributed by atoms with Gasteiger partial charge in [-0.1, -0.05) is 60.8 Å². The Hall–Kier alpha value is -0.452. The van der Waals surface area contributed by atoms with Crippen molar-refractivity contribution in [2.24, 2.45) is 5.92 Å². The van der Waals surface area contributed by atoms with Crippen LogP contribution in [0.3, 0.4) is 0 Å². The van der Waals surface area contributed by atoms with E-state index in [0.29, 0.717) is 19.0 Å². The molecule has 0 aromatic carbocycles. The van der Waals surface area contributed by atoms with E-state index in [1.165, 1.54) is 24.2 Å². The van der Waals surface area contributed by atoms with E-state index in [-0.39, 0.29) is 34.5 Å². The normalized spacial score (nSPS) is 17.8. The van der Waals surface area contributed by atoms with E-state index in [2.05, 4.69) is 20.8 Å². The number of nitrogens with zero attached hydrogens (tertiary/aromatic N) is 1. The van der Waals surface area contributed by atoms with E-state index in [1.807, 2.05) is 0 Å². The largest absolute Gasteiger partial charge is 2.00 e. The Morgan fingerprint density at radius 1 is 1.08 bits per heavy atom. The third kappa shape index (κ3) is 13.9. The molecule has 1 fully saturated rings. The van der Waals surface area contributed by atoms with Crippen LogP contribution < -0.4 is 0 Å². The van der Waals surface area contributed by atoms with Crippen molar-refractivity contribution in [3.8, 4) is 0 Å². The third-order valence-corrected chi connectivity index (χ3v) is 3.56. The summed E-state index contributed by atoms with van der Waals surface area (Å²) in [5.74, 6) is -2.18. The van der Waals surface area contributed by atoms with Gasteiger partial charge in [0.15, 0.2) is 0 Å². The van der Waals surface area contributed by atoms with Gasteiger partial charge in [-0.05, 0) is 13.1 Å². The average Bonchev–Trinajstić information content (AvgIpc) is 2.50. The zero-order valence-corrected chi connectivity index (χ0v) is 16.9. The van der Waals surface area contributed by atoms with Gasteiger partial charge in [0, 0.05) is 0 Å². The molecule has 2 atom stereocenters. The van der Waals surface area contributed by atoms with Crippen LogP contribution in [0.2, 0.25) is 0 Å². The number of hydrogen-bond donors (Lipinski definition) is 2. The fourth-order valence-electron chi connectivity index (χ4n) is 1.58. The van der Waals surface area contributed by atoms with Crippen molar-refractivity contribution >= 4 is 11.9 Å². The molecule has 1 aliphatic rings. The van der Waals surface area contributed by atoms with Crippen LogP contribution in [-0.2, 0) is 30.7 Å². The summed E-state index contributed by atoms with van der Waals surface area (Å²) >= 11 is 0. The van der Waals surface area contributed by atoms with Crippen molar-refractivity contribution in [2.45, 2.75) is 72.9 Å². The van der Waals surface area contributed by atoms with Crippen LogP contribution in [0.5, 0.6) is 0 Å². The molecule has 0 amide bonds. The number of hydrogen-bond acceptors (Lipinski definition) is 3. The van der Waals surface area contributed by atoms with Gasteiger partial charge >= 0.3 is 33.0 Å². The van der Waals surface area contributed by atoms with Crippen molar-refractivity contribution in [3.63, 3.8) is 0 Å². The Labute approximate surface area is 162 Å². The molecular formula is C17H36N2O4Pt. The van der Waals surface area contributed by atoms with E-state index in [0.717, 1.165) is 6.42 Å². The molecule has 7 heteroatoms. The van der Waals surface area contributed by atoms with Gasteiger partial charge in [-0.2, -0.15) is 12.0 Å². The van der Waals surface area contributed by atoms with Crippen molar-refractivity contribution < 1.29 is 40.9 Å². The molecule has 0 aliphatic heterocycles. The molecule has 0 radical (unpaired) electrons. The maximum absolute atomic E-state index is 10.5. The Morgan fingerprint density at radius 3 is 1.46 bits per heavy atom. The summed E-state index contributed by atoms with van der Waals surface area (Å²) in [5, 5.41) is 17.1. The molecule has 2 unspecified atom stereocenters. The minimum Gasteiger partial charge on any atom is -0.677 e. The van der Waals surface area contributed by atoms with Gasteiger partial charge in [0.1, 0.15) is 0 Å². The molecule has 0 spiro atoms. The maximum Gasteiger partial charge on any atom is 2.00 e. The SMILES string of the molecule is C.CCCC.CCN(CC)C(C(=O)O)C(=O)O.[CH2-]C1CCC1[NH-].[Pt+2]. The van der Waals surface area contributed by atoms with Crippen molar-refractivity contribution in [1.82, 2.24) is 4.90 Å². The summed E-state index contributed by atoms with van der Waals surface area (Å²) in [6.45, 7) is 12.4. The number of carbonyl (C=O) groups is 2. The van der Waals surface area contributed by atoms with Crippen LogP contribution in [0, 0.1) is 12.8 Å². The smallest absolute Gasteiger partial charge is 0.677 e. The van der Waals surface area contributed by atoms with Crippen LogP contribution in [0.25, 0.3) is 5.73 Å². The monoisotopic (exact) mass is 527 g/mol. The van der Waals surface area contributed by atoms with Crippen LogP contribution in [0.1, 0.15) is 60.8 Å². The van der Waals surface area contributed by atoms with Crippen LogP contribution in [0.4, 0.5) is 0 Å². The minimum absolute atomic E-state index is 0. The first-order chi connectivity index (χ1) is 10.3. The first-order valence-electron chi connectivity index (χ1n) is 8.00. The second-order valence-corrected chi connectivity index (χ2v) is 5.24. The molecule has 3 N–H and O–H groups in total. The first kappa shape index (κ1) is 31.3. The molecule has 1 aliphatic carbocycles. The molecule has 0 heterocycles. The predicted molar refractivity (Wildman–Crippen MR) is 95.5 cm³/mol. The van der Waals surface area contributed by atoms with Gasteiger partial charge < -0.3 is 22.9 Å². The quantitative estimate of drug-likeness (QED) is 0.402. The second-order valence-electron chi connectivity index (χ2n) is 5.24. The van der Waals surface area contributed by atoms with Crippen LogP contribution in [-0.4, -0.2) is 52.2 Å². The van der Waals surface area contributed by atoms with Gasteiger partial charge in [0.05, 0.1) is 0 Å². The Morgan fingerprint density at radius 2 is 1.42 bits per heavy atom. The summed E-state index contributed by atoms with van der Waals surface area (Å²) in [5.41, 5.74) is 7.06. The number of likely N-dealkylation sites (N-methyl/N-ethyl adjacent to an activating group) is 1. The van der Waals surface area contributed by atoms with Crippen molar-refractivity contribution in [1.29, 1.82) is 0 Å². The first-order valence-corrected chi connectivity index (χ1v) is 8.00. The Bertz CT molecular complexity index is 289. The number of carboxylic acid groups (broad SMARTS) is 2. The molecular weight excluding hydrogens is 491 g/mol. The average molecular weight is 528 g/mol. The van der Waals surface area contributed by atoms with Crippen molar-refractivity contribution in [2.75, 3.05) is 13.1 Å². The molecule has 1 rings (SSSR count). The number of nitrogens with one attached hydrogen (secondary N) is 1. The van der Waals surface area contributed by atoms with Gasteiger partial charge in [0.2, 0.25) is 6.04 Å². The van der Waals surface area contributed by atoms with Crippen LogP contribution in [0.15, 0.2) is 0 Å². The molecule has 0 aromatic rings. The summed E-state index contributed by atoms with van der Waals surface area (Å²) in [6.07, 6.45) is 4.89. The number of rotatable bonds is 6. The van der Waals surface area contributed by atoms with Gasteiger partial charge in [-0.15, -0.1) is 0 Å². The topological polar surface area (TPSA) is 102 Å². The summed E-state index contributed by atoms with van der Waals surface area (Å²) in [6, 6.07) is -1.25. The standard InChI is InChI=1S/C7H13NO4.C5H9N.C4H10.CH4.Pt/c1-3-8(4-2)5(6(9)10)7(11)12;1-4-2-3-5(4)6;1-3-4-2;;/h5H,3-4H2,1-2H3,(H,9,10)(H,11,12);4-6H,1-3H2;3-4H2,1-2H3;1H4;/q;-2;;;+2. The zero-order valence-electron chi connectivity index (χ0n) is 14.7. The fourth-order valence-corrected chi connectivity index (χ4v) is 1.58. The molecule has 0 bridgehead atoms. The fraction of sp³-hybridized carbons (Fsp3) is 0.824. The Balaban J connectivity index is -0.000000140. The molecule has 0 aromatic heterocycles. The predicted octanol–water partition coefficient (Wildman–Crippen LogP) is 3.96. The molecule has 0 saturated heterocycles. The van der Waals surface area contributed by atoms with E-state index < -0.39 is 18.0 Å². The van der Waals surface area contributed by atoms with Crippen molar-refractivity contribution in [3.05, 3.63) is 12.7 Å². The molecule has 24 heavy (non-hydrogen) atoms. The van der Waals surface area contributed by atoms with Gasteiger partial charge in [-0.25, -0.2) is 9.59 Å². The summed E-state index contributed by atoms with van der Waals surface area (Å²) < 4.78 is 0. The molecule has 6 nitrogen and oxygen atoms in total. The number of aliphatic carboxylic acids is 2. The number of unbranched alkanes of at least 4 members (excludes halogenated alkanes) is 1. The minimum atomic E-state index is -1.42. The van der Waals surface area contributed by atoms with Gasteiger partial charge in [-0.3, -0.25) is 4.90 Å². The third-order valence-electron chi connectivity index (χ3n) is 3.56. The summed E-state index contributed by atoms with van der Waals surface area (Å²) in [4.78, 5) is 22.3. The van der Waals surface area contributed by atoms with E-state index >= 15 is 0 Å².